The molecule has 0 aliphatic heterocycles. The SMILES string of the molecule is c1ccc(-c2nc3ccc4sc5ccc6ccc(-c7nc(-c8ccc9oc%10ccccc%10c9c8)nc(-c8cccc9ccccc89)n7)cc6c5c4c3o2)cc1. The van der Waals surface area contributed by atoms with Crippen LogP contribution in [0.5, 0.6) is 0 Å². The Morgan fingerprint density at radius 1 is 0.400 bits per heavy atom. The van der Waals surface area contributed by atoms with Crippen molar-refractivity contribution >= 4 is 86.1 Å². The Kier molecular flexibility index (Phi) is 6.40. The van der Waals surface area contributed by atoms with E-state index in [0.717, 1.165) is 92.3 Å². The Hall–Kier alpha value is -7.22. The predicted molar refractivity (Wildman–Crippen MR) is 224 cm³/mol. The fourth-order valence-electron chi connectivity index (χ4n) is 7.94. The van der Waals surface area contributed by atoms with Crippen LogP contribution < -0.4 is 0 Å². The lowest BCUT2D eigenvalue weighted by molar-refractivity contribution is 0.623. The summed E-state index contributed by atoms with van der Waals surface area (Å²) in [4.78, 5) is 20.5. The van der Waals surface area contributed by atoms with Crippen molar-refractivity contribution in [3.05, 3.63) is 158 Å². The van der Waals surface area contributed by atoms with Crippen molar-refractivity contribution in [1.82, 2.24) is 19.9 Å². The van der Waals surface area contributed by atoms with Gasteiger partial charge in [0.05, 0.1) is 0 Å². The third kappa shape index (κ3) is 4.73. The number of nitrogens with zero attached hydrogens (tertiary/aromatic N) is 4. The average Bonchev–Trinajstić information content (AvgIpc) is 3.97. The zero-order chi connectivity index (χ0) is 36.0. The van der Waals surface area contributed by atoms with Gasteiger partial charge in [0.1, 0.15) is 16.7 Å². The summed E-state index contributed by atoms with van der Waals surface area (Å²) in [5.74, 6) is 2.42. The molecule has 0 aliphatic rings. The van der Waals surface area contributed by atoms with E-state index in [-0.39, 0.29) is 0 Å². The van der Waals surface area contributed by atoms with Crippen molar-refractivity contribution < 1.29 is 8.83 Å². The Labute approximate surface area is 317 Å². The fourth-order valence-corrected chi connectivity index (χ4v) is 9.06. The van der Waals surface area contributed by atoms with E-state index in [9.17, 15) is 0 Å². The van der Waals surface area contributed by atoms with Crippen LogP contribution in [0, 0.1) is 0 Å². The minimum Gasteiger partial charge on any atom is -0.456 e. The predicted octanol–water partition coefficient (Wildman–Crippen LogP) is 13.3. The van der Waals surface area contributed by atoms with Crippen molar-refractivity contribution in [3.8, 4) is 45.6 Å². The van der Waals surface area contributed by atoms with Gasteiger partial charge in [0.25, 0.3) is 0 Å². The van der Waals surface area contributed by atoms with Crippen molar-refractivity contribution in [2.24, 2.45) is 0 Å². The number of hydrogen-bond donors (Lipinski definition) is 0. The lowest BCUT2D eigenvalue weighted by Crippen LogP contribution is -2.00. The third-order valence-electron chi connectivity index (χ3n) is 10.6. The number of oxazole rings is 1. The summed E-state index contributed by atoms with van der Waals surface area (Å²) in [6.07, 6.45) is 0. The smallest absolute Gasteiger partial charge is 0.227 e. The number of rotatable bonds is 4. The van der Waals surface area contributed by atoms with Gasteiger partial charge < -0.3 is 8.83 Å². The molecule has 7 heteroatoms. The summed E-state index contributed by atoms with van der Waals surface area (Å²) < 4.78 is 15.1. The maximum absolute atomic E-state index is 6.57. The van der Waals surface area contributed by atoms with Crippen LogP contribution in [0.25, 0.3) is 120 Å². The standard InChI is InChI=1S/C48H26N4O2S/c1-2-10-29(11-3-1)48-49-37-21-24-41-43(44(37)54-48)42-35-25-30(18-17-28(35)20-23-40(42)55-41)45-50-46(31-19-22-39-36(26-31)33-14-6-7-16-38(33)53-39)52-47(51-45)34-15-8-12-27-9-4-5-13-32(27)34/h1-26H. The quantitative estimate of drug-likeness (QED) is 0.180. The molecule has 0 amide bonds. The second kappa shape index (κ2) is 11.6. The van der Waals surface area contributed by atoms with E-state index in [1.165, 1.54) is 4.70 Å². The average molecular weight is 723 g/mol. The van der Waals surface area contributed by atoms with Crippen LogP contribution in [0.4, 0.5) is 0 Å². The van der Waals surface area contributed by atoms with Crippen molar-refractivity contribution in [2.45, 2.75) is 0 Å². The summed E-state index contributed by atoms with van der Waals surface area (Å²) in [5, 5.41) is 8.73. The van der Waals surface area contributed by atoms with Gasteiger partial charge in [-0.25, -0.2) is 19.9 Å². The summed E-state index contributed by atoms with van der Waals surface area (Å²) in [6, 6.07) is 54.1. The van der Waals surface area contributed by atoms with Crippen molar-refractivity contribution in [2.75, 3.05) is 0 Å². The molecule has 0 unspecified atom stereocenters. The van der Waals surface area contributed by atoms with Gasteiger partial charge in [0, 0.05) is 53.2 Å². The lowest BCUT2D eigenvalue weighted by Gasteiger charge is -2.11. The minimum absolute atomic E-state index is 0.594. The molecule has 4 heterocycles. The molecule has 0 spiro atoms. The molecule has 6 nitrogen and oxygen atoms in total. The van der Waals surface area contributed by atoms with Crippen LogP contribution >= 0.6 is 11.3 Å². The Bertz CT molecular complexity index is 3500. The first kappa shape index (κ1) is 30.3. The first-order valence-electron chi connectivity index (χ1n) is 18.1. The maximum Gasteiger partial charge on any atom is 0.227 e. The van der Waals surface area contributed by atoms with E-state index in [0.29, 0.717) is 23.4 Å². The molecule has 8 aromatic carbocycles. The zero-order valence-corrected chi connectivity index (χ0v) is 29.8. The highest BCUT2D eigenvalue weighted by Crippen LogP contribution is 2.44. The molecule has 0 saturated heterocycles. The number of thiophene rings is 1. The fraction of sp³-hybridized carbons (Fsp3) is 0. The van der Waals surface area contributed by atoms with Crippen molar-refractivity contribution in [3.63, 3.8) is 0 Å². The van der Waals surface area contributed by atoms with Gasteiger partial charge in [-0.3, -0.25) is 0 Å². The molecular formula is C48H26N4O2S. The van der Waals surface area contributed by atoms with E-state index < -0.39 is 0 Å². The molecule has 12 rings (SSSR count). The van der Waals surface area contributed by atoms with E-state index in [1.54, 1.807) is 11.3 Å². The molecule has 0 aliphatic carbocycles. The molecule has 0 N–H and O–H groups in total. The van der Waals surface area contributed by atoms with Gasteiger partial charge in [-0.15, -0.1) is 11.3 Å². The highest BCUT2D eigenvalue weighted by molar-refractivity contribution is 7.26. The number of fused-ring (bicyclic) bond motifs is 11. The van der Waals surface area contributed by atoms with Crippen LogP contribution in [0.15, 0.2) is 167 Å². The number of hydrogen-bond acceptors (Lipinski definition) is 7. The van der Waals surface area contributed by atoms with Crippen LogP contribution in [0.1, 0.15) is 0 Å². The van der Waals surface area contributed by atoms with Crippen LogP contribution in [0.3, 0.4) is 0 Å². The first-order chi connectivity index (χ1) is 27.2. The first-order valence-corrected chi connectivity index (χ1v) is 18.9. The van der Waals surface area contributed by atoms with Crippen LogP contribution in [-0.4, -0.2) is 19.9 Å². The van der Waals surface area contributed by atoms with Gasteiger partial charge in [-0.05, 0) is 82.2 Å². The molecule has 0 saturated carbocycles. The second-order valence-corrected chi connectivity index (χ2v) is 14.9. The van der Waals surface area contributed by atoms with Crippen LogP contribution in [-0.2, 0) is 0 Å². The number of para-hydroxylation sites is 1. The zero-order valence-electron chi connectivity index (χ0n) is 29.0. The van der Waals surface area contributed by atoms with Gasteiger partial charge in [-0.2, -0.15) is 0 Å². The minimum atomic E-state index is 0.594. The molecular weight excluding hydrogens is 697 g/mol. The molecule has 12 aromatic rings. The summed E-state index contributed by atoms with van der Waals surface area (Å²) >= 11 is 1.76. The molecule has 0 fully saturated rings. The third-order valence-corrected chi connectivity index (χ3v) is 11.7. The second-order valence-electron chi connectivity index (χ2n) is 13.8. The van der Waals surface area contributed by atoms with E-state index in [2.05, 4.69) is 97.1 Å². The Morgan fingerprint density at radius 3 is 1.95 bits per heavy atom. The highest BCUT2D eigenvalue weighted by atomic mass is 32.1. The number of aromatic nitrogens is 4. The maximum atomic E-state index is 6.57. The van der Waals surface area contributed by atoms with E-state index >= 15 is 0 Å². The summed E-state index contributed by atoms with van der Waals surface area (Å²) in [5.41, 5.74) is 6.99. The van der Waals surface area contributed by atoms with Gasteiger partial charge >= 0.3 is 0 Å². The topological polar surface area (TPSA) is 77.8 Å². The van der Waals surface area contributed by atoms with E-state index in [1.807, 2.05) is 60.7 Å². The van der Waals surface area contributed by atoms with Crippen molar-refractivity contribution in [1.29, 1.82) is 0 Å². The van der Waals surface area contributed by atoms with Gasteiger partial charge in [0.15, 0.2) is 23.1 Å². The number of benzene rings is 8. The Balaban J connectivity index is 1.10. The largest absolute Gasteiger partial charge is 0.456 e. The molecule has 4 aromatic heterocycles. The Morgan fingerprint density at radius 2 is 1.05 bits per heavy atom. The van der Waals surface area contributed by atoms with Gasteiger partial charge in [-0.1, -0.05) is 97.1 Å². The summed E-state index contributed by atoms with van der Waals surface area (Å²) in [6.45, 7) is 0. The molecule has 256 valence electrons. The monoisotopic (exact) mass is 722 g/mol. The van der Waals surface area contributed by atoms with E-state index in [4.69, 9.17) is 28.8 Å². The molecule has 55 heavy (non-hydrogen) atoms. The molecule has 0 atom stereocenters. The van der Waals surface area contributed by atoms with Crippen LogP contribution in [0.2, 0.25) is 0 Å². The number of furan rings is 1. The highest BCUT2D eigenvalue weighted by Gasteiger charge is 2.20. The van der Waals surface area contributed by atoms with Gasteiger partial charge in [0.2, 0.25) is 5.89 Å². The lowest BCUT2D eigenvalue weighted by atomic mass is 10.0. The normalized spacial score (nSPS) is 12.0. The molecule has 0 bridgehead atoms. The summed E-state index contributed by atoms with van der Waals surface area (Å²) in [7, 11) is 0. The molecule has 0 radical (unpaired) electrons.